The molecule has 1 amide bonds. The van der Waals surface area contributed by atoms with Crippen LogP contribution in [-0.4, -0.2) is 38.8 Å². The largest absolute Gasteiger partial charge is 0.496 e. The molecule has 3 rings (SSSR count). The molecular weight excluding hydrogens is 412 g/mol. The second-order valence-corrected chi connectivity index (χ2v) is 9.30. The zero-order chi connectivity index (χ0) is 20.9. The summed E-state index contributed by atoms with van der Waals surface area (Å²) in [5.74, 6) is 0.227. The van der Waals surface area contributed by atoms with Crippen molar-refractivity contribution in [3.63, 3.8) is 0 Å². The van der Waals surface area contributed by atoms with Crippen molar-refractivity contribution in [2.24, 2.45) is 0 Å². The molecule has 0 aliphatic carbocycles. The zero-order valence-corrected chi connectivity index (χ0v) is 17.9. The number of carbonyl (C=O) groups is 1. The van der Waals surface area contributed by atoms with E-state index in [2.05, 4.69) is 5.32 Å². The SMILES string of the molecule is COc1ccccc1CNC(=O)c1cc(S(=O)(=O)N2CCCCCC2)ccc1Cl. The number of methoxy groups -OCH3 is 1. The predicted octanol–water partition coefficient (Wildman–Crippen LogP) is 3.84. The second-order valence-electron chi connectivity index (χ2n) is 6.95. The molecule has 156 valence electrons. The van der Waals surface area contributed by atoms with Gasteiger partial charge in [0.1, 0.15) is 5.75 Å². The minimum atomic E-state index is -3.66. The highest BCUT2D eigenvalue weighted by atomic mass is 35.5. The van der Waals surface area contributed by atoms with Crippen LogP contribution in [0, 0.1) is 0 Å². The van der Waals surface area contributed by atoms with Crippen LogP contribution >= 0.6 is 11.6 Å². The van der Waals surface area contributed by atoms with E-state index in [-0.39, 0.29) is 22.0 Å². The Balaban J connectivity index is 1.80. The molecule has 0 atom stereocenters. The number of nitrogens with one attached hydrogen (secondary N) is 1. The molecule has 8 heteroatoms. The first-order chi connectivity index (χ1) is 13.9. The van der Waals surface area contributed by atoms with Crippen LogP contribution in [-0.2, 0) is 16.6 Å². The lowest BCUT2D eigenvalue weighted by Crippen LogP contribution is -2.32. The molecule has 2 aromatic carbocycles. The van der Waals surface area contributed by atoms with E-state index in [9.17, 15) is 13.2 Å². The maximum atomic E-state index is 13.0. The van der Waals surface area contributed by atoms with Gasteiger partial charge >= 0.3 is 0 Å². The third-order valence-electron chi connectivity index (χ3n) is 5.02. The average Bonchev–Trinajstić information content (AvgIpc) is 3.02. The van der Waals surface area contributed by atoms with Crippen molar-refractivity contribution in [2.75, 3.05) is 20.2 Å². The van der Waals surface area contributed by atoms with E-state index < -0.39 is 15.9 Å². The van der Waals surface area contributed by atoms with Crippen molar-refractivity contribution in [2.45, 2.75) is 37.1 Å². The summed E-state index contributed by atoms with van der Waals surface area (Å²) in [4.78, 5) is 12.8. The molecule has 1 heterocycles. The van der Waals surface area contributed by atoms with Crippen molar-refractivity contribution >= 4 is 27.5 Å². The van der Waals surface area contributed by atoms with Crippen LogP contribution < -0.4 is 10.1 Å². The molecule has 6 nitrogen and oxygen atoms in total. The summed E-state index contributed by atoms with van der Waals surface area (Å²) in [5.41, 5.74) is 0.949. The summed E-state index contributed by atoms with van der Waals surface area (Å²) in [5, 5.41) is 2.99. The minimum Gasteiger partial charge on any atom is -0.496 e. The van der Waals surface area contributed by atoms with Crippen molar-refractivity contribution < 1.29 is 17.9 Å². The summed E-state index contributed by atoms with van der Waals surface area (Å²) in [7, 11) is -2.10. The average molecular weight is 437 g/mol. The lowest BCUT2D eigenvalue weighted by molar-refractivity contribution is 0.0950. The summed E-state index contributed by atoms with van der Waals surface area (Å²) in [6.45, 7) is 1.24. The monoisotopic (exact) mass is 436 g/mol. The Bertz CT molecular complexity index is 970. The number of hydrogen-bond acceptors (Lipinski definition) is 4. The first-order valence-corrected chi connectivity index (χ1v) is 11.4. The van der Waals surface area contributed by atoms with E-state index in [1.807, 2.05) is 24.3 Å². The van der Waals surface area contributed by atoms with Crippen molar-refractivity contribution in [1.82, 2.24) is 9.62 Å². The van der Waals surface area contributed by atoms with Gasteiger partial charge in [0.15, 0.2) is 0 Å². The molecule has 0 radical (unpaired) electrons. The number of benzene rings is 2. The van der Waals surface area contributed by atoms with Crippen LogP contribution in [0.4, 0.5) is 0 Å². The summed E-state index contributed by atoms with van der Waals surface area (Å²) < 4.78 is 32.8. The fourth-order valence-electron chi connectivity index (χ4n) is 3.39. The molecule has 0 aromatic heterocycles. The molecule has 1 aliphatic rings. The van der Waals surface area contributed by atoms with E-state index in [4.69, 9.17) is 16.3 Å². The summed E-state index contributed by atoms with van der Waals surface area (Å²) in [6.07, 6.45) is 3.75. The van der Waals surface area contributed by atoms with Gasteiger partial charge in [0, 0.05) is 25.2 Å². The minimum absolute atomic E-state index is 0.0891. The van der Waals surface area contributed by atoms with Crippen molar-refractivity contribution in [3.05, 3.63) is 58.6 Å². The number of hydrogen-bond donors (Lipinski definition) is 1. The van der Waals surface area contributed by atoms with Crippen molar-refractivity contribution in [3.8, 4) is 5.75 Å². The lowest BCUT2D eigenvalue weighted by Gasteiger charge is -2.20. The smallest absolute Gasteiger partial charge is 0.253 e. The van der Waals surface area contributed by atoms with Gasteiger partial charge in [0.2, 0.25) is 10.0 Å². The number of halogens is 1. The van der Waals surface area contributed by atoms with Gasteiger partial charge in [0.05, 0.1) is 22.6 Å². The van der Waals surface area contributed by atoms with E-state index in [0.29, 0.717) is 18.8 Å². The molecule has 29 heavy (non-hydrogen) atoms. The first kappa shape index (κ1) is 21.6. The quantitative estimate of drug-likeness (QED) is 0.746. The maximum Gasteiger partial charge on any atom is 0.253 e. The fraction of sp³-hybridized carbons (Fsp3) is 0.381. The molecule has 2 aromatic rings. The molecule has 1 aliphatic heterocycles. The highest BCUT2D eigenvalue weighted by Gasteiger charge is 2.26. The van der Waals surface area contributed by atoms with Gasteiger partial charge in [-0.25, -0.2) is 8.42 Å². The van der Waals surface area contributed by atoms with Gasteiger partial charge in [-0.15, -0.1) is 0 Å². The molecule has 1 fully saturated rings. The molecule has 1 N–H and O–H groups in total. The highest BCUT2D eigenvalue weighted by molar-refractivity contribution is 7.89. The molecule has 1 saturated heterocycles. The van der Waals surface area contributed by atoms with Gasteiger partial charge in [-0.2, -0.15) is 4.31 Å². The normalized spacial score (nSPS) is 15.5. The molecule has 0 bridgehead atoms. The topological polar surface area (TPSA) is 75.7 Å². The Hall–Kier alpha value is -2.09. The molecule has 0 unspecified atom stereocenters. The summed E-state index contributed by atoms with van der Waals surface area (Å²) >= 11 is 6.20. The van der Waals surface area contributed by atoms with Gasteiger partial charge < -0.3 is 10.1 Å². The Morgan fingerprint density at radius 3 is 2.48 bits per heavy atom. The third-order valence-corrected chi connectivity index (χ3v) is 7.24. The van der Waals surface area contributed by atoms with E-state index in [1.165, 1.54) is 22.5 Å². The Kier molecular flexibility index (Phi) is 7.16. The molecular formula is C21H25ClN2O4S. The van der Waals surface area contributed by atoms with Gasteiger partial charge in [0.25, 0.3) is 5.91 Å². The molecule has 0 saturated carbocycles. The predicted molar refractivity (Wildman–Crippen MR) is 113 cm³/mol. The zero-order valence-electron chi connectivity index (χ0n) is 16.4. The number of amides is 1. The van der Waals surface area contributed by atoms with Crippen LogP contribution in [0.3, 0.4) is 0 Å². The maximum absolute atomic E-state index is 13.0. The Labute approximate surface area is 176 Å². The lowest BCUT2D eigenvalue weighted by atomic mass is 10.1. The van der Waals surface area contributed by atoms with Crippen LogP contribution in [0.15, 0.2) is 47.4 Å². The van der Waals surface area contributed by atoms with Crippen LogP contribution in [0.1, 0.15) is 41.6 Å². The number of carbonyl (C=O) groups excluding carboxylic acids is 1. The van der Waals surface area contributed by atoms with Crippen molar-refractivity contribution in [1.29, 1.82) is 0 Å². The van der Waals surface area contributed by atoms with Gasteiger partial charge in [-0.05, 0) is 37.1 Å². The summed E-state index contributed by atoms with van der Waals surface area (Å²) in [6, 6.07) is 11.6. The Morgan fingerprint density at radius 2 is 1.79 bits per heavy atom. The van der Waals surface area contributed by atoms with E-state index in [0.717, 1.165) is 31.2 Å². The third kappa shape index (κ3) is 5.10. The molecule has 0 spiro atoms. The second kappa shape index (κ2) is 9.61. The number of ether oxygens (including phenoxy) is 1. The fourth-order valence-corrected chi connectivity index (χ4v) is 5.14. The number of rotatable bonds is 6. The number of nitrogens with zero attached hydrogens (tertiary/aromatic N) is 1. The van der Waals surface area contributed by atoms with E-state index in [1.54, 1.807) is 7.11 Å². The van der Waals surface area contributed by atoms with Gasteiger partial charge in [-0.1, -0.05) is 42.6 Å². The standard InChI is InChI=1S/C21H25ClN2O4S/c1-28-20-9-5-4-8-16(20)15-23-21(25)18-14-17(10-11-19(18)22)29(26,27)24-12-6-2-3-7-13-24/h4-5,8-11,14H,2-3,6-7,12-13,15H2,1H3,(H,23,25). The number of para-hydroxylation sites is 1. The Morgan fingerprint density at radius 1 is 1.10 bits per heavy atom. The van der Waals surface area contributed by atoms with Crippen LogP contribution in [0.2, 0.25) is 5.02 Å². The van der Waals surface area contributed by atoms with Crippen LogP contribution in [0.5, 0.6) is 5.75 Å². The highest BCUT2D eigenvalue weighted by Crippen LogP contribution is 2.25. The number of sulfonamides is 1. The van der Waals surface area contributed by atoms with Gasteiger partial charge in [-0.3, -0.25) is 4.79 Å². The van der Waals surface area contributed by atoms with Crippen LogP contribution in [0.25, 0.3) is 0 Å². The first-order valence-electron chi connectivity index (χ1n) is 9.63. The van der Waals surface area contributed by atoms with E-state index >= 15 is 0 Å².